The van der Waals surface area contributed by atoms with Crippen LogP contribution in [0.1, 0.15) is 20.8 Å². The fraction of sp³-hybridized carbons (Fsp3) is 0.588. The molecule has 0 unspecified atom stereocenters. The van der Waals surface area contributed by atoms with Crippen LogP contribution in [-0.4, -0.2) is 56.0 Å². The van der Waals surface area contributed by atoms with Gasteiger partial charge in [-0.2, -0.15) is 0 Å². The summed E-state index contributed by atoms with van der Waals surface area (Å²) in [7, 11) is 0. The van der Waals surface area contributed by atoms with Gasteiger partial charge in [-0.3, -0.25) is 9.80 Å². The first-order valence-corrected chi connectivity index (χ1v) is 8.12. The van der Waals surface area contributed by atoms with E-state index in [0.29, 0.717) is 32.0 Å². The van der Waals surface area contributed by atoms with Crippen LogP contribution in [0.25, 0.3) is 0 Å². The Kier molecular flexibility index (Phi) is 6.01. The van der Waals surface area contributed by atoms with Gasteiger partial charge in [0.2, 0.25) is 0 Å². The minimum atomic E-state index is -0.654. The van der Waals surface area contributed by atoms with Crippen LogP contribution >= 0.6 is 0 Å². The molecule has 1 amide bonds. The van der Waals surface area contributed by atoms with Crippen molar-refractivity contribution >= 4 is 17.5 Å². The van der Waals surface area contributed by atoms with E-state index in [2.05, 4.69) is 4.90 Å². The van der Waals surface area contributed by atoms with E-state index in [1.165, 1.54) is 17.0 Å². The molecule has 1 aromatic rings. The number of nitrogens with zero attached hydrogens (tertiary/aromatic N) is 2. The van der Waals surface area contributed by atoms with Crippen LogP contribution in [-0.2, 0) is 9.47 Å². The fourth-order valence-electron chi connectivity index (χ4n) is 2.44. The molecule has 1 aliphatic heterocycles. The van der Waals surface area contributed by atoms with Gasteiger partial charge in [0.15, 0.2) is 0 Å². The summed E-state index contributed by atoms with van der Waals surface area (Å²) in [4.78, 5) is 16.0. The standard InChI is InChI=1S/C17H26FN3O3/c1-17(2,3)24-16(22)21(7-6-20-8-10-23-11-9-20)15-5-4-13(19)12-14(15)18/h4-5,12H,6-11,19H2,1-3H3. The molecule has 0 atom stereocenters. The van der Waals surface area contributed by atoms with Crippen LogP contribution in [0.15, 0.2) is 18.2 Å². The van der Waals surface area contributed by atoms with Crippen LogP contribution in [0.3, 0.4) is 0 Å². The molecule has 7 heteroatoms. The van der Waals surface area contributed by atoms with Crippen molar-refractivity contribution in [3.8, 4) is 0 Å². The van der Waals surface area contributed by atoms with Gasteiger partial charge >= 0.3 is 6.09 Å². The number of hydrogen-bond donors (Lipinski definition) is 1. The van der Waals surface area contributed by atoms with Crippen LogP contribution < -0.4 is 10.6 Å². The molecule has 1 aliphatic rings. The maximum Gasteiger partial charge on any atom is 0.414 e. The van der Waals surface area contributed by atoms with Crippen molar-refractivity contribution in [2.45, 2.75) is 26.4 Å². The zero-order valence-corrected chi connectivity index (χ0v) is 14.5. The van der Waals surface area contributed by atoms with Gasteiger partial charge in [-0.15, -0.1) is 0 Å². The second kappa shape index (κ2) is 7.81. The van der Waals surface area contributed by atoms with Gasteiger partial charge in [0.05, 0.1) is 18.9 Å². The highest BCUT2D eigenvalue weighted by molar-refractivity contribution is 5.88. The maximum atomic E-state index is 14.3. The molecule has 0 bridgehead atoms. The van der Waals surface area contributed by atoms with Gasteiger partial charge in [0, 0.05) is 31.9 Å². The quantitative estimate of drug-likeness (QED) is 0.854. The lowest BCUT2D eigenvalue weighted by Gasteiger charge is -2.31. The molecule has 6 nitrogen and oxygen atoms in total. The SMILES string of the molecule is CC(C)(C)OC(=O)N(CCN1CCOCC1)c1ccc(N)cc1F. The van der Waals surface area contributed by atoms with E-state index >= 15 is 0 Å². The number of rotatable bonds is 4. The Balaban J connectivity index is 2.15. The van der Waals surface area contributed by atoms with E-state index in [1.807, 2.05) is 0 Å². The third-order valence-corrected chi connectivity index (χ3v) is 3.62. The van der Waals surface area contributed by atoms with Crippen molar-refractivity contribution in [3.05, 3.63) is 24.0 Å². The molecule has 1 saturated heterocycles. The highest BCUT2D eigenvalue weighted by Gasteiger charge is 2.26. The summed E-state index contributed by atoms with van der Waals surface area (Å²) >= 11 is 0. The monoisotopic (exact) mass is 339 g/mol. The van der Waals surface area contributed by atoms with E-state index in [1.54, 1.807) is 26.8 Å². The smallest absolute Gasteiger partial charge is 0.414 e. The van der Waals surface area contributed by atoms with Crippen molar-refractivity contribution in [2.24, 2.45) is 0 Å². The van der Waals surface area contributed by atoms with Gasteiger partial charge in [0.25, 0.3) is 0 Å². The Labute approximate surface area is 142 Å². The summed E-state index contributed by atoms with van der Waals surface area (Å²) in [6, 6.07) is 4.29. The average molecular weight is 339 g/mol. The molecule has 24 heavy (non-hydrogen) atoms. The minimum absolute atomic E-state index is 0.173. The number of anilines is 2. The molecule has 0 spiro atoms. The van der Waals surface area contributed by atoms with Crippen molar-refractivity contribution in [2.75, 3.05) is 50.0 Å². The summed E-state index contributed by atoms with van der Waals surface area (Å²) in [6.45, 7) is 9.23. The van der Waals surface area contributed by atoms with Gasteiger partial charge in [-0.1, -0.05) is 0 Å². The highest BCUT2D eigenvalue weighted by Crippen LogP contribution is 2.24. The normalized spacial score (nSPS) is 16.0. The van der Waals surface area contributed by atoms with Crippen molar-refractivity contribution in [1.29, 1.82) is 0 Å². The maximum absolute atomic E-state index is 14.3. The summed E-state index contributed by atoms with van der Waals surface area (Å²) < 4.78 is 25.0. The molecule has 0 saturated carbocycles. The van der Waals surface area contributed by atoms with Gasteiger partial charge < -0.3 is 15.2 Å². The fourth-order valence-corrected chi connectivity index (χ4v) is 2.44. The molecule has 134 valence electrons. The Morgan fingerprint density at radius 2 is 2.04 bits per heavy atom. The predicted octanol–water partition coefficient (Wildman–Crippen LogP) is 2.48. The van der Waals surface area contributed by atoms with E-state index in [4.69, 9.17) is 15.2 Å². The number of carbonyl (C=O) groups excluding carboxylic acids is 1. The predicted molar refractivity (Wildman–Crippen MR) is 91.7 cm³/mol. The molecule has 2 N–H and O–H groups in total. The lowest BCUT2D eigenvalue weighted by Crippen LogP contribution is -2.45. The molecule has 0 radical (unpaired) electrons. The van der Waals surface area contributed by atoms with E-state index in [9.17, 15) is 9.18 Å². The second-order valence-corrected chi connectivity index (χ2v) is 6.80. The average Bonchev–Trinajstić information content (AvgIpc) is 2.48. The van der Waals surface area contributed by atoms with E-state index in [-0.39, 0.29) is 5.69 Å². The lowest BCUT2D eigenvalue weighted by molar-refractivity contribution is 0.0375. The van der Waals surface area contributed by atoms with E-state index in [0.717, 1.165) is 13.1 Å². The van der Waals surface area contributed by atoms with Crippen molar-refractivity contribution < 1.29 is 18.7 Å². The highest BCUT2D eigenvalue weighted by atomic mass is 19.1. The Morgan fingerprint density at radius 3 is 2.62 bits per heavy atom. The Morgan fingerprint density at radius 1 is 1.38 bits per heavy atom. The molecule has 1 fully saturated rings. The molecular weight excluding hydrogens is 313 g/mol. The first kappa shape index (κ1) is 18.5. The van der Waals surface area contributed by atoms with Gasteiger partial charge in [-0.25, -0.2) is 9.18 Å². The molecule has 0 aliphatic carbocycles. The summed E-state index contributed by atoms with van der Waals surface area (Å²) in [5, 5.41) is 0. The van der Waals surface area contributed by atoms with Crippen LogP contribution in [0.2, 0.25) is 0 Å². The zero-order valence-electron chi connectivity index (χ0n) is 14.5. The molecule has 1 aromatic carbocycles. The largest absolute Gasteiger partial charge is 0.443 e. The molecular formula is C17H26FN3O3. The molecule has 1 heterocycles. The Hall–Kier alpha value is -1.86. The minimum Gasteiger partial charge on any atom is -0.443 e. The summed E-state index contributed by atoms with van der Waals surface area (Å²) in [5.41, 5.74) is 5.43. The number of nitrogens with two attached hydrogens (primary N) is 1. The number of amides is 1. The number of hydrogen-bond acceptors (Lipinski definition) is 5. The van der Waals surface area contributed by atoms with Crippen molar-refractivity contribution in [1.82, 2.24) is 4.90 Å². The molecule has 0 aromatic heterocycles. The number of benzene rings is 1. The third-order valence-electron chi connectivity index (χ3n) is 3.62. The van der Waals surface area contributed by atoms with Crippen LogP contribution in [0.4, 0.5) is 20.6 Å². The summed E-state index contributed by atoms with van der Waals surface area (Å²) in [6.07, 6.45) is -0.570. The zero-order chi connectivity index (χ0) is 17.7. The topological polar surface area (TPSA) is 68.0 Å². The second-order valence-electron chi connectivity index (χ2n) is 6.80. The van der Waals surface area contributed by atoms with Crippen LogP contribution in [0.5, 0.6) is 0 Å². The summed E-state index contributed by atoms with van der Waals surface area (Å²) in [5.74, 6) is -0.539. The van der Waals surface area contributed by atoms with Gasteiger partial charge in [-0.05, 0) is 39.0 Å². The molecule has 2 rings (SSSR count). The van der Waals surface area contributed by atoms with Gasteiger partial charge in [0.1, 0.15) is 11.4 Å². The number of carbonyl (C=O) groups is 1. The number of morpholine rings is 1. The number of halogens is 1. The lowest BCUT2D eigenvalue weighted by atomic mass is 10.2. The van der Waals surface area contributed by atoms with Crippen molar-refractivity contribution in [3.63, 3.8) is 0 Å². The number of ether oxygens (including phenoxy) is 2. The first-order valence-electron chi connectivity index (χ1n) is 8.12. The first-order chi connectivity index (χ1) is 11.3. The Bertz CT molecular complexity index is 569. The number of nitrogen functional groups attached to an aromatic ring is 1. The van der Waals surface area contributed by atoms with E-state index < -0.39 is 17.5 Å². The van der Waals surface area contributed by atoms with Crippen LogP contribution in [0, 0.1) is 5.82 Å². The third kappa shape index (κ3) is 5.35.